The van der Waals surface area contributed by atoms with E-state index in [1.165, 1.54) is 12.8 Å². The Morgan fingerprint density at radius 1 is 1.25 bits per heavy atom. The van der Waals surface area contributed by atoms with Gasteiger partial charge in [0, 0.05) is 0 Å². The van der Waals surface area contributed by atoms with Crippen molar-refractivity contribution in [2.24, 2.45) is 17.7 Å². The normalized spacial score (nSPS) is 16.5. The quantitative estimate of drug-likeness (QED) is 0.627. The predicted molar refractivity (Wildman–Crippen MR) is 52.6 cm³/mol. The van der Waals surface area contributed by atoms with Gasteiger partial charge in [0.05, 0.1) is 6.10 Å². The zero-order valence-corrected chi connectivity index (χ0v) is 8.84. The third-order valence-corrected chi connectivity index (χ3v) is 2.65. The van der Waals surface area contributed by atoms with Crippen LogP contribution in [0.25, 0.3) is 0 Å². The highest BCUT2D eigenvalue weighted by Crippen LogP contribution is 2.20. The molecule has 0 amide bonds. The first-order valence-electron chi connectivity index (χ1n) is 4.99. The Balaban J connectivity index is 3.79. The second kappa shape index (κ2) is 6.44. The van der Waals surface area contributed by atoms with Crippen LogP contribution in [0.3, 0.4) is 0 Å². The van der Waals surface area contributed by atoms with Crippen molar-refractivity contribution in [1.29, 1.82) is 0 Å². The van der Waals surface area contributed by atoms with Crippen LogP contribution in [0, 0.1) is 11.8 Å². The molecule has 0 aromatic rings. The van der Waals surface area contributed by atoms with Gasteiger partial charge >= 0.3 is 0 Å². The first-order valence-corrected chi connectivity index (χ1v) is 4.99. The fraction of sp³-hybridized carbons (Fsp3) is 1.00. The fourth-order valence-electron chi connectivity index (χ4n) is 1.29. The van der Waals surface area contributed by atoms with Gasteiger partial charge in [0.1, 0.15) is 0 Å². The first kappa shape index (κ1) is 11.9. The van der Waals surface area contributed by atoms with Crippen LogP contribution >= 0.6 is 0 Å². The Bertz CT molecular complexity index is 104. The van der Waals surface area contributed by atoms with Crippen LogP contribution in [-0.2, 0) is 4.84 Å². The molecule has 0 saturated carbocycles. The standard InChI is InChI=1S/C10H23NO/c1-5-6-7-10(12-11)9(4)8(2)3/h8-10H,5-7,11H2,1-4H3. The lowest BCUT2D eigenvalue weighted by Crippen LogP contribution is -2.28. The summed E-state index contributed by atoms with van der Waals surface area (Å²) in [5, 5.41) is 0. The molecule has 2 atom stereocenters. The van der Waals surface area contributed by atoms with Crippen molar-refractivity contribution in [2.75, 3.05) is 0 Å². The maximum absolute atomic E-state index is 5.25. The van der Waals surface area contributed by atoms with Crippen LogP contribution < -0.4 is 5.90 Å². The third kappa shape index (κ3) is 4.07. The summed E-state index contributed by atoms with van der Waals surface area (Å²) in [5.41, 5.74) is 0. The summed E-state index contributed by atoms with van der Waals surface area (Å²) in [6.07, 6.45) is 3.75. The smallest absolute Gasteiger partial charge is 0.0815 e. The van der Waals surface area contributed by atoms with Crippen LogP contribution in [0.4, 0.5) is 0 Å². The molecule has 0 aromatic heterocycles. The maximum Gasteiger partial charge on any atom is 0.0815 e. The molecule has 0 spiro atoms. The summed E-state index contributed by atoms with van der Waals surface area (Å²) in [6.45, 7) is 8.82. The second-order valence-corrected chi connectivity index (χ2v) is 3.92. The predicted octanol–water partition coefficient (Wildman–Crippen LogP) is 2.73. The molecule has 0 rings (SSSR count). The Kier molecular flexibility index (Phi) is 6.39. The molecule has 0 saturated heterocycles. The number of hydrogen-bond acceptors (Lipinski definition) is 2. The molecule has 2 N–H and O–H groups in total. The van der Waals surface area contributed by atoms with Gasteiger partial charge in [-0.2, -0.15) is 0 Å². The fourth-order valence-corrected chi connectivity index (χ4v) is 1.29. The number of unbranched alkanes of at least 4 members (excludes halogenated alkanes) is 1. The average Bonchev–Trinajstić information content (AvgIpc) is 2.05. The van der Waals surface area contributed by atoms with E-state index in [0.29, 0.717) is 11.8 Å². The summed E-state index contributed by atoms with van der Waals surface area (Å²) >= 11 is 0. The number of rotatable bonds is 6. The summed E-state index contributed by atoms with van der Waals surface area (Å²) in [6, 6.07) is 0. The summed E-state index contributed by atoms with van der Waals surface area (Å²) in [5.74, 6) is 6.46. The molecule has 0 aromatic carbocycles. The molecule has 74 valence electrons. The van der Waals surface area contributed by atoms with E-state index in [9.17, 15) is 0 Å². The van der Waals surface area contributed by atoms with Crippen molar-refractivity contribution in [3.05, 3.63) is 0 Å². The molecule has 0 fully saturated rings. The van der Waals surface area contributed by atoms with Gasteiger partial charge in [0.25, 0.3) is 0 Å². The van der Waals surface area contributed by atoms with Crippen molar-refractivity contribution in [3.8, 4) is 0 Å². The average molecular weight is 173 g/mol. The minimum absolute atomic E-state index is 0.241. The van der Waals surface area contributed by atoms with Crippen LogP contribution in [0.2, 0.25) is 0 Å². The Morgan fingerprint density at radius 3 is 2.17 bits per heavy atom. The number of hydrogen-bond donors (Lipinski definition) is 1. The lowest BCUT2D eigenvalue weighted by atomic mass is 9.89. The topological polar surface area (TPSA) is 35.2 Å². The Hall–Kier alpha value is -0.0800. The monoisotopic (exact) mass is 173 g/mol. The molecule has 0 aliphatic carbocycles. The largest absolute Gasteiger partial charge is 0.301 e. The van der Waals surface area contributed by atoms with E-state index < -0.39 is 0 Å². The zero-order chi connectivity index (χ0) is 9.56. The van der Waals surface area contributed by atoms with Crippen LogP contribution in [0.15, 0.2) is 0 Å². The minimum Gasteiger partial charge on any atom is -0.301 e. The highest BCUT2D eigenvalue weighted by atomic mass is 16.6. The molecule has 0 aliphatic heterocycles. The molecular formula is C10H23NO. The maximum atomic E-state index is 5.25. The van der Waals surface area contributed by atoms with Crippen molar-refractivity contribution in [1.82, 2.24) is 0 Å². The van der Waals surface area contributed by atoms with E-state index in [-0.39, 0.29) is 6.10 Å². The van der Waals surface area contributed by atoms with Crippen molar-refractivity contribution >= 4 is 0 Å². The van der Waals surface area contributed by atoms with Crippen LogP contribution in [0.5, 0.6) is 0 Å². The van der Waals surface area contributed by atoms with Gasteiger partial charge in [-0.15, -0.1) is 0 Å². The molecule has 0 aliphatic rings. The van der Waals surface area contributed by atoms with E-state index in [1.807, 2.05) is 0 Å². The molecule has 2 heteroatoms. The van der Waals surface area contributed by atoms with Crippen molar-refractivity contribution < 1.29 is 4.84 Å². The van der Waals surface area contributed by atoms with E-state index in [4.69, 9.17) is 10.7 Å². The lowest BCUT2D eigenvalue weighted by molar-refractivity contribution is -0.00420. The van der Waals surface area contributed by atoms with E-state index in [0.717, 1.165) is 6.42 Å². The summed E-state index contributed by atoms with van der Waals surface area (Å²) in [7, 11) is 0. The highest BCUT2D eigenvalue weighted by Gasteiger charge is 2.19. The highest BCUT2D eigenvalue weighted by molar-refractivity contribution is 4.68. The van der Waals surface area contributed by atoms with Gasteiger partial charge in [-0.1, -0.05) is 40.5 Å². The Labute approximate surface area is 76.4 Å². The molecule has 0 radical (unpaired) electrons. The van der Waals surface area contributed by atoms with Gasteiger partial charge in [0.2, 0.25) is 0 Å². The van der Waals surface area contributed by atoms with E-state index >= 15 is 0 Å². The molecule has 2 unspecified atom stereocenters. The second-order valence-electron chi connectivity index (χ2n) is 3.92. The molecule has 2 nitrogen and oxygen atoms in total. The summed E-state index contributed by atoms with van der Waals surface area (Å²) in [4.78, 5) is 4.98. The van der Waals surface area contributed by atoms with E-state index in [1.54, 1.807) is 0 Å². The molecular weight excluding hydrogens is 150 g/mol. The van der Waals surface area contributed by atoms with Crippen LogP contribution in [-0.4, -0.2) is 6.10 Å². The van der Waals surface area contributed by atoms with Gasteiger partial charge < -0.3 is 4.84 Å². The van der Waals surface area contributed by atoms with Gasteiger partial charge in [-0.05, 0) is 18.3 Å². The minimum atomic E-state index is 0.241. The zero-order valence-electron chi connectivity index (χ0n) is 8.84. The van der Waals surface area contributed by atoms with Crippen molar-refractivity contribution in [3.63, 3.8) is 0 Å². The molecule has 0 heterocycles. The SMILES string of the molecule is CCCCC(ON)C(C)C(C)C. The van der Waals surface area contributed by atoms with E-state index in [2.05, 4.69) is 27.7 Å². The van der Waals surface area contributed by atoms with Gasteiger partial charge in [0.15, 0.2) is 0 Å². The molecule has 12 heavy (non-hydrogen) atoms. The van der Waals surface area contributed by atoms with Gasteiger partial charge in [-0.3, -0.25) is 0 Å². The lowest BCUT2D eigenvalue weighted by Gasteiger charge is -2.24. The number of nitrogens with two attached hydrogens (primary N) is 1. The van der Waals surface area contributed by atoms with Crippen molar-refractivity contribution in [2.45, 2.75) is 53.1 Å². The third-order valence-electron chi connectivity index (χ3n) is 2.65. The molecule has 0 bridgehead atoms. The summed E-state index contributed by atoms with van der Waals surface area (Å²) < 4.78 is 0. The van der Waals surface area contributed by atoms with Gasteiger partial charge in [-0.25, -0.2) is 5.90 Å². The Morgan fingerprint density at radius 2 is 1.83 bits per heavy atom. The first-order chi connectivity index (χ1) is 5.63. The van der Waals surface area contributed by atoms with Crippen LogP contribution in [0.1, 0.15) is 47.0 Å².